The van der Waals surface area contributed by atoms with Crippen molar-refractivity contribution >= 4 is 0 Å². The number of benzene rings is 2. The second-order valence-corrected chi connectivity index (χ2v) is 4.26. The van der Waals surface area contributed by atoms with Crippen molar-refractivity contribution in [2.45, 2.75) is 12.6 Å². The molecule has 0 aliphatic heterocycles. The van der Waals surface area contributed by atoms with Crippen LogP contribution in [0.2, 0.25) is 0 Å². The van der Waals surface area contributed by atoms with Gasteiger partial charge in [0.05, 0.1) is 19.3 Å². The van der Waals surface area contributed by atoms with Gasteiger partial charge in [-0.05, 0) is 23.8 Å². The lowest BCUT2D eigenvalue weighted by Gasteiger charge is -2.13. The maximum atomic E-state index is 13.3. The summed E-state index contributed by atoms with van der Waals surface area (Å²) in [4.78, 5) is 0. The van der Waals surface area contributed by atoms with Crippen molar-refractivity contribution in [1.29, 1.82) is 0 Å². The lowest BCUT2D eigenvalue weighted by molar-refractivity contribution is 0.106. The van der Waals surface area contributed by atoms with Gasteiger partial charge in [0.15, 0.2) is 0 Å². The summed E-state index contributed by atoms with van der Waals surface area (Å²) >= 11 is 0. The van der Waals surface area contributed by atoms with E-state index < -0.39 is 0 Å². The predicted molar refractivity (Wildman–Crippen MR) is 69.4 cm³/mol. The zero-order valence-corrected chi connectivity index (χ0v) is 10.4. The highest BCUT2D eigenvalue weighted by Gasteiger charge is 2.07. The smallest absolute Gasteiger partial charge is 0.128 e. The first-order valence-electron chi connectivity index (χ1n) is 5.99. The standard InChI is InChI=1S/C15H15F2NO/c16-13-7-5-11(6-8-13)15(18)10-19-9-12-3-1-2-4-14(12)17/h1-8,15H,9-10,18H2. The molecule has 2 N–H and O–H groups in total. The van der Waals surface area contributed by atoms with Crippen LogP contribution in [-0.2, 0) is 11.3 Å². The molecule has 0 aliphatic carbocycles. The Kier molecular flexibility index (Phi) is 4.60. The van der Waals surface area contributed by atoms with Crippen molar-refractivity contribution in [1.82, 2.24) is 0 Å². The minimum absolute atomic E-state index is 0.168. The van der Waals surface area contributed by atoms with Crippen molar-refractivity contribution in [2.75, 3.05) is 6.61 Å². The monoisotopic (exact) mass is 263 g/mol. The Morgan fingerprint density at radius 1 is 1.00 bits per heavy atom. The first-order chi connectivity index (χ1) is 9.16. The minimum atomic E-state index is -0.354. The molecule has 4 heteroatoms. The molecule has 0 heterocycles. The van der Waals surface area contributed by atoms with Crippen LogP contribution in [0.15, 0.2) is 48.5 Å². The Bertz CT molecular complexity index is 528. The summed E-state index contributed by atoms with van der Waals surface area (Å²) in [5.74, 6) is -0.596. The van der Waals surface area contributed by atoms with Crippen LogP contribution in [0.3, 0.4) is 0 Å². The zero-order valence-electron chi connectivity index (χ0n) is 10.4. The van der Waals surface area contributed by atoms with Crippen molar-refractivity contribution in [3.63, 3.8) is 0 Å². The SMILES string of the molecule is NC(COCc1ccccc1F)c1ccc(F)cc1. The molecular formula is C15H15F2NO. The summed E-state index contributed by atoms with van der Waals surface area (Å²) in [7, 11) is 0. The van der Waals surface area contributed by atoms with Gasteiger partial charge in [-0.25, -0.2) is 8.78 Å². The fourth-order valence-corrected chi connectivity index (χ4v) is 1.72. The summed E-state index contributed by atoms with van der Waals surface area (Å²) in [5, 5.41) is 0. The molecule has 2 aromatic rings. The molecule has 0 aliphatic rings. The summed E-state index contributed by atoms with van der Waals surface area (Å²) < 4.78 is 31.5. The average Bonchev–Trinajstić information content (AvgIpc) is 2.41. The van der Waals surface area contributed by atoms with Gasteiger partial charge in [0.25, 0.3) is 0 Å². The third-order valence-electron chi connectivity index (χ3n) is 2.81. The molecule has 0 radical (unpaired) electrons. The summed E-state index contributed by atoms with van der Waals surface area (Å²) in [5.41, 5.74) is 7.19. The van der Waals surface area contributed by atoms with Gasteiger partial charge >= 0.3 is 0 Å². The molecule has 0 saturated heterocycles. The van der Waals surface area contributed by atoms with E-state index in [4.69, 9.17) is 10.5 Å². The van der Waals surface area contributed by atoms with E-state index in [2.05, 4.69) is 0 Å². The molecule has 2 aromatic carbocycles. The molecule has 0 bridgehead atoms. The Balaban J connectivity index is 1.86. The number of hydrogen-bond donors (Lipinski definition) is 1. The molecule has 19 heavy (non-hydrogen) atoms. The van der Waals surface area contributed by atoms with Crippen LogP contribution in [-0.4, -0.2) is 6.61 Å². The van der Waals surface area contributed by atoms with Crippen molar-refractivity contribution in [3.05, 3.63) is 71.3 Å². The molecule has 1 atom stereocenters. The maximum absolute atomic E-state index is 13.3. The predicted octanol–water partition coefficient (Wildman–Crippen LogP) is 3.18. The lowest BCUT2D eigenvalue weighted by atomic mass is 10.1. The van der Waals surface area contributed by atoms with Crippen LogP contribution in [0.1, 0.15) is 17.2 Å². The summed E-state index contributed by atoms with van der Waals surface area (Å²) in [6, 6.07) is 12.0. The van der Waals surface area contributed by atoms with E-state index in [-0.39, 0.29) is 30.9 Å². The van der Waals surface area contributed by atoms with Crippen LogP contribution in [0, 0.1) is 11.6 Å². The maximum Gasteiger partial charge on any atom is 0.128 e. The largest absolute Gasteiger partial charge is 0.375 e. The number of halogens is 2. The van der Waals surface area contributed by atoms with Gasteiger partial charge in [-0.1, -0.05) is 30.3 Å². The van der Waals surface area contributed by atoms with Gasteiger partial charge in [-0.2, -0.15) is 0 Å². The molecular weight excluding hydrogens is 248 g/mol. The first kappa shape index (κ1) is 13.6. The Labute approximate surface area is 110 Å². The van der Waals surface area contributed by atoms with Crippen molar-refractivity contribution in [3.8, 4) is 0 Å². The van der Waals surface area contributed by atoms with Crippen molar-refractivity contribution in [2.24, 2.45) is 5.73 Å². The van der Waals surface area contributed by atoms with Crippen LogP contribution in [0.25, 0.3) is 0 Å². The molecule has 100 valence electrons. The van der Waals surface area contributed by atoms with E-state index in [1.807, 2.05) is 0 Å². The van der Waals surface area contributed by atoms with E-state index >= 15 is 0 Å². The number of nitrogens with two attached hydrogens (primary N) is 1. The number of hydrogen-bond acceptors (Lipinski definition) is 2. The van der Waals surface area contributed by atoms with Crippen LogP contribution < -0.4 is 5.73 Å². The summed E-state index contributed by atoms with van der Waals surface area (Å²) in [6.45, 7) is 0.418. The molecule has 0 fully saturated rings. The second-order valence-electron chi connectivity index (χ2n) is 4.26. The fraction of sp³-hybridized carbons (Fsp3) is 0.200. The van der Waals surface area contributed by atoms with Crippen molar-refractivity contribution < 1.29 is 13.5 Å². The van der Waals surface area contributed by atoms with E-state index in [9.17, 15) is 8.78 Å². The molecule has 1 unspecified atom stereocenters. The zero-order chi connectivity index (χ0) is 13.7. The normalized spacial score (nSPS) is 12.4. The minimum Gasteiger partial charge on any atom is -0.375 e. The highest BCUT2D eigenvalue weighted by atomic mass is 19.1. The highest BCUT2D eigenvalue weighted by Crippen LogP contribution is 2.13. The topological polar surface area (TPSA) is 35.2 Å². The quantitative estimate of drug-likeness (QED) is 0.899. The fourth-order valence-electron chi connectivity index (χ4n) is 1.72. The van der Waals surface area contributed by atoms with Crippen LogP contribution >= 0.6 is 0 Å². The molecule has 0 spiro atoms. The molecule has 2 rings (SSSR count). The first-order valence-corrected chi connectivity index (χ1v) is 5.99. The molecule has 0 aromatic heterocycles. The molecule has 0 saturated carbocycles. The average molecular weight is 263 g/mol. The van der Waals surface area contributed by atoms with E-state index in [1.54, 1.807) is 30.3 Å². The van der Waals surface area contributed by atoms with Gasteiger partial charge in [-0.3, -0.25) is 0 Å². The molecule has 2 nitrogen and oxygen atoms in total. The lowest BCUT2D eigenvalue weighted by Crippen LogP contribution is -2.17. The third-order valence-corrected chi connectivity index (χ3v) is 2.81. The Morgan fingerprint density at radius 3 is 2.37 bits per heavy atom. The van der Waals surface area contributed by atoms with Gasteiger partial charge in [-0.15, -0.1) is 0 Å². The van der Waals surface area contributed by atoms with E-state index in [1.165, 1.54) is 18.2 Å². The third kappa shape index (κ3) is 3.84. The second kappa shape index (κ2) is 6.41. The van der Waals surface area contributed by atoms with Gasteiger partial charge < -0.3 is 10.5 Å². The van der Waals surface area contributed by atoms with Gasteiger partial charge in [0.1, 0.15) is 11.6 Å². The Morgan fingerprint density at radius 2 is 1.68 bits per heavy atom. The highest BCUT2D eigenvalue weighted by molar-refractivity contribution is 5.19. The van der Waals surface area contributed by atoms with Crippen LogP contribution in [0.5, 0.6) is 0 Å². The van der Waals surface area contributed by atoms with Gasteiger partial charge in [0, 0.05) is 5.56 Å². The van der Waals surface area contributed by atoms with Crippen LogP contribution in [0.4, 0.5) is 8.78 Å². The number of ether oxygens (including phenoxy) is 1. The summed E-state index contributed by atoms with van der Waals surface area (Å²) in [6.07, 6.45) is 0. The number of rotatable bonds is 5. The Hall–Kier alpha value is -1.78. The van der Waals surface area contributed by atoms with E-state index in [0.717, 1.165) is 5.56 Å². The van der Waals surface area contributed by atoms with E-state index in [0.29, 0.717) is 5.56 Å². The van der Waals surface area contributed by atoms with Gasteiger partial charge in [0.2, 0.25) is 0 Å². The molecule has 0 amide bonds.